The number of hydrogen-bond donors (Lipinski definition) is 1. The van der Waals surface area contributed by atoms with E-state index in [2.05, 4.69) is 0 Å². The van der Waals surface area contributed by atoms with Crippen molar-refractivity contribution >= 4 is 0 Å². The van der Waals surface area contributed by atoms with Crippen LogP contribution in [0.4, 0.5) is 4.39 Å². The Hall–Kier alpha value is -1.29. The minimum absolute atomic E-state index is 0.333. The van der Waals surface area contributed by atoms with Crippen molar-refractivity contribution in [1.29, 1.82) is 0 Å². The molecule has 1 heterocycles. The fourth-order valence-electron chi connectivity index (χ4n) is 1.43. The SMILES string of the molecule is COc1cc(F)c2c(c1)OCC2N. The van der Waals surface area contributed by atoms with Gasteiger partial charge in [-0.2, -0.15) is 0 Å². The average Bonchev–Trinajstić information content (AvgIpc) is 2.48. The summed E-state index contributed by atoms with van der Waals surface area (Å²) in [7, 11) is 1.48. The van der Waals surface area contributed by atoms with Crippen LogP contribution in [0.5, 0.6) is 11.5 Å². The lowest BCUT2D eigenvalue weighted by Crippen LogP contribution is -2.12. The molecule has 1 unspecified atom stereocenters. The maximum atomic E-state index is 13.3. The predicted molar refractivity (Wildman–Crippen MR) is 45.4 cm³/mol. The lowest BCUT2D eigenvalue weighted by atomic mass is 10.1. The molecule has 1 atom stereocenters. The average molecular weight is 183 g/mol. The summed E-state index contributed by atoms with van der Waals surface area (Å²) in [6.45, 7) is 0.333. The van der Waals surface area contributed by atoms with Gasteiger partial charge in [-0.15, -0.1) is 0 Å². The van der Waals surface area contributed by atoms with Gasteiger partial charge in [-0.05, 0) is 0 Å². The molecule has 0 saturated carbocycles. The second-order valence-electron chi connectivity index (χ2n) is 2.94. The molecule has 13 heavy (non-hydrogen) atoms. The third kappa shape index (κ3) is 1.23. The second kappa shape index (κ2) is 2.88. The molecule has 3 nitrogen and oxygen atoms in total. The number of hydrogen-bond acceptors (Lipinski definition) is 3. The molecule has 0 aromatic heterocycles. The summed E-state index contributed by atoms with van der Waals surface area (Å²) in [4.78, 5) is 0. The quantitative estimate of drug-likeness (QED) is 0.712. The van der Waals surface area contributed by atoms with Gasteiger partial charge in [-0.25, -0.2) is 4.39 Å². The van der Waals surface area contributed by atoms with E-state index in [9.17, 15) is 4.39 Å². The Bertz CT molecular complexity index is 341. The molecule has 2 rings (SSSR count). The van der Waals surface area contributed by atoms with Crippen LogP contribution >= 0.6 is 0 Å². The zero-order valence-corrected chi connectivity index (χ0v) is 7.21. The van der Waals surface area contributed by atoms with Crippen LogP contribution in [0, 0.1) is 5.82 Å². The summed E-state index contributed by atoms with van der Waals surface area (Å²) in [6.07, 6.45) is 0. The van der Waals surface area contributed by atoms with Gasteiger partial charge in [0.15, 0.2) is 0 Å². The molecular weight excluding hydrogens is 173 g/mol. The van der Waals surface area contributed by atoms with Crippen molar-refractivity contribution in [2.75, 3.05) is 13.7 Å². The summed E-state index contributed by atoms with van der Waals surface area (Å²) in [5.41, 5.74) is 6.08. The van der Waals surface area contributed by atoms with Gasteiger partial charge in [0.25, 0.3) is 0 Å². The molecule has 0 aliphatic carbocycles. The number of nitrogens with two attached hydrogens (primary N) is 1. The Labute approximate surface area is 75.3 Å². The molecule has 1 aliphatic heterocycles. The Morgan fingerprint density at radius 2 is 2.38 bits per heavy atom. The van der Waals surface area contributed by atoms with Gasteiger partial charge in [0.05, 0.1) is 18.7 Å². The van der Waals surface area contributed by atoms with Crippen molar-refractivity contribution in [3.8, 4) is 11.5 Å². The van der Waals surface area contributed by atoms with E-state index >= 15 is 0 Å². The van der Waals surface area contributed by atoms with Crippen LogP contribution in [-0.4, -0.2) is 13.7 Å². The Morgan fingerprint density at radius 1 is 1.62 bits per heavy atom. The van der Waals surface area contributed by atoms with E-state index in [4.69, 9.17) is 15.2 Å². The van der Waals surface area contributed by atoms with Crippen molar-refractivity contribution in [1.82, 2.24) is 0 Å². The standard InChI is InChI=1S/C9H10FNO2/c1-12-5-2-6(10)9-7(11)4-13-8(9)3-5/h2-3,7H,4,11H2,1H3. The molecule has 4 heteroatoms. The summed E-state index contributed by atoms with van der Waals surface area (Å²) >= 11 is 0. The van der Waals surface area contributed by atoms with Crippen molar-refractivity contribution in [2.24, 2.45) is 5.73 Å². The minimum Gasteiger partial charge on any atom is -0.497 e. The van der Waals surface area contributed by atoms with E-state index in [-0.39, 0.29) is 11.9 Å². The summed E-state index contributed by atoms with van der Waals surface area (Å²) in [6, 6.07) is 2.60. The maximum absolute atomic E-state index is 13.3. The topological polar surface area (TPSA) is 44.5 Å². The van der Waals surface area contributed by atoms with E-state index < -0.39 is 0 Å². The lowest BCUT2D eigenvalue weighted by molar-refractivity contribution is 0.331. The molecule has 0 amide bonds. The number of methoxy groups -OCH3 is 1. The zero-order chi connectivity index (χ0) is 9.42. The van der Waals surface area contributed by atoms with Gasteiger partial charge >= 0.3 is 0 Å². The zero-order valence-electron chi connectivity index (χ0n) is 7.21. The third-order valence-corrected chi connectivity index (χ3v) is 2.09. The number of rotatable bonds is 1. The minimum atomic E-state index is -0.362. The molecule has 70 valence electrons. The highest BCUT2D eigenvalue weighted by Crippen LogP contribution is 2.36. The van der Waals surface area contributed by atoms with E-state index in [1.54, 1.807) is 6.07 Å². The molecule has 0 spiro atoms. The van der Waals surface area contributed by atoms with Gasteiger partial charge in [0.2, 0.25) is 0 Å². The number of ether oxygens (including phenoxy) is 2. The molecule has 1 aromatic carbocycles. The number of halogens is 1. The summed E-state index contributed by atoms with van der Waals surface area (Å²) < 4.78 is 23.4. The molecule has 0 saturated heterocycles. The Morgan fingerprint density at radius 3 is 3.08 bits per heavy atom. The van der Waals surface area contributed by atoms with Gasteiger partial charge < -0.3 is 15.2 Å². The Balaban J connectivity index is 2.53. The van der Waals surface area contributed by atoms with Crippen molar-refractivity contribution < 1.29 is 13.9 Å². The normalized spacial score (nSPS) is 19.5. The van der Waals surface area contributed by atoms with E-state index in [1.807, 2.05) is 0 Å². The highest BCUT2D eigenvalue weighted by molar-refractivity contribution is 5.45. The first kappa shape index (κ1) is 8.31. The summed E-state index contributed by atoms with van der Waals surface area (Å²) in [5.74, 6) is 0.578. The first-order valence-corrected chi connectivity index (χ1v) is 3.98. The first-order valence-electron chi connectivity index (χ1n) is 3.98. The van der Waals surface area contributed by atoms with Crippen LogP contribution in [0.3, 0.4) is 0 Å². The second-order valence-corrected chi connectivity index (χ2v) is 2.94. The van der Waals surface area contributed by atoms with Crippen LogP contribution in [0.15, 0.2) is 12.1 Å². The fraction of sp³-hybridized carbons (Fsp3) is 0.333. The van der Waals surface area contributed by atoms with Gasteiger partial charge in [-0.3, -0.25) is 0 Å². The maximum Gasteiger partial charge on any atom is 0.135 e. The number of benzene rings is 1. The van der Waals surface area contributed by atoms with Crippen LogP contribution in [-0.2, 0) is 0 Å². The van der Waals surface area contributed by atoms with Crippen LogP contribution in [0.25, 0.3) is 0 Å². The predicted octanol–water partition coefficient (Wildman–Crippen LogP) is 1.23. The molecule has 1 aliphatic rings. The lowest BCUT2D eigenvalue weighted by Gasteiger charge is -2.05. The van der Waals surface area contributed by atoms with Crippen LogP contribution in [0.1, 0.15) is 11.6 Å². The van der Waals surface area contributed by atoms with Crippen molar-refractivity contribution in [2.45, 2.75) is 6.04 Å². The monoisotopic (exact) mass is 183 g/mol. The fourth-order valence-corrected chi connectivity index (χ4v) is 1.43. The molecule has 0 radical (unpaired) electrons. The summed E-state index contributed by atoms with van der Waals surface area (Å²) in [5, 5.41) is 0. The molecular formula is C9H10FNO2. The highest BCUT2D eigenvalue weighted by atomic mass is 19.1. The molecule has 0 bridgehead atoms. The van der Waals surface area contributed by atoms with Crippen molar-refractivity contribution in [3.63, 3.8) is 0 Å². The van der Waals surface area contributed by atoms with Crippen LogP contribution < -0.4 is 15.2 Å². The van der Waals surface area contributed by atoms with E-state index in [1.165, 1.54) is 13.2 Å². The Kier molecular flexibility index (Phi) is 1.84. The first-order chi connectivity index (χ1) is 6.22. The van der Waals surface area contributed by atoms with E-state index in [0.29, 0.717) is 23.7 Å². The molecule has 2 N–H and O–H groups in total. The van der Waals surface area contributed by atoms with Crippen LogP contribution in [0.2, 0.25) is 0 Å². The third-order valence-electron chi connectivity index (χ3n) is 2.09. The molecule has 0 fully saturated rings. The van der Waals surface area contributed by atoms with Gasteiger partial charge in [-0.1, -0.05) is 0 Å². The molecule has 1 aromatic rings. The smallest absolute Gasteiger partial charge is 0.135 e. The van der Waals surface area contributed by atoms with E-state index in [0.717, 1.165) is 0 Å². The van der Waals surface area contributed by atoms with Gasteiger partial charge in [0.1, 0.15) is 23.9 Å². The number of fused-ring (bicyclic) bond motifs is 1. The van der Waals surface area contributed by atoms with Gasteiger partial charge in [0, 0.05) is 12.1 Å². The van der Waals surface area contributed by atoms with Crippen molar-refractivity contribution in [3.05, 3.63) is 23.5 Å². The largest absolute Gasteiger partial charge is 0.497 e. The highest BCUT2D eigenvalue weighted by Gasteiger charge is 2.25.